The lowest BCUT2D eigenvalue weighted by Gasteiger charge is -2.19. The normalized spacial score (nSPS) is 30.7. The van der Waals surface area contributed by atoms with Crippen LogP contribution in [0.2, 0.25) is 0 Å². The van der Waals surface area contributed by atoms with Crippen molar-refractivity contribution >= 4 is 11.8 Å². The third kappa shape index (κ3) is 2.72. The van der Waals surface area contributed by atoms with Crippen molar-refractivity contribution in [2.45, 2.75) is 44.5 Å². The van der Waals surface area contributed by atoms with E-state index in [4.69, 9.17) is 14.2 Å². The van der Waals surface area contributed by atoms with Crippen molar-refractivity contribution in [2.24, 2.45) is 5.92 Å². The summed E-state index contributed by atoms with van der Waals surface area (Å²) in [5.41, 5.74) is 1.24. The minimum absolute atomic E-state index is 0.0755. The molecule has 1 aromatic rings. The predicted octanol–water partition coefficient (Wildman–Crippen LogP) is 2.58. The van der Waals surface area contributed by atoms with Crippen LogP contribution in [0, 0.1) is 5.92 Å². The van der Waals surface area contributed by atoms with Crippen molar-refractivity contribution in [2.75, 3.05) is 7.11 Å². The summed E-state index contributed by atoms with van der Waals surface area (Å²) < 4.78 is 16.4. The molecule has 4 rings (SSSR count). The maximum absolute atomic E-state index is 12.6. The Labute approximate surface area is 150 Å². The van der Waals surface area contributed by atoms with Gasteiger partial charge in [-0.3, -0.25) is 4.79 Å². The van der Waals surface area contributed by atoms with Crippen LogP contribution in [0.5, 0.6) is 11.5 Å². The van der Waals surface area contributed by atoms with Crippen LogP contribution < -0.4 is 4.74 Å². The van der Waals surface area contributed by atoms with Crippen LogP contribution in [0.1, 0.15) is 48.2 Å². The molecule has 1 aromatic carbocycles. The first kappa shape index (κ1) is 16.9. The second-order valence-corrected chi connectivity index (χ2v) is 7.06. The van der Waals surface area contributed by atoms with E-state index < -0.39 is 18.2 Å². The molecule has 2 heterocycles. The molecular weight excluding hydrogens is 340 g/mol. The number of ketones is 1. The molecule has 0 unspecified atom stereocenters. The fraction of sp³-hybridized carbons (Fsp3) is 0.474. The Morgan fingerprint density at radius 3 is 2.69 bits per heavy atom. The van der Waals surface area contributed by atoms with E-state index in [-0.39, 0.29) is 41.3 Å². The van der Waals surface area contributed by atoms with Gasteiger partial charge in [-0.1, -0.05) is 0 Å². The highest BCUT2D eigenvalue weighted by atomic mass is 16.6. The quantitative estimate of drug-likeness (QED) is 0.586. The van der Waals surface area contributed by atoms with Crippen LogP contribution in [-0.4, -0.2) is 41.3 Å². The summed E-state index contributed by atoms with van der Waals surface area (Å²) in [6, 6.07) is 3.01. The fourth-order valence-electron chi connectivity index (χ4n) is 3.97. The Morgan fingerprint density at radius 1 is 1.19 bits per heavy atom. The number of methoxy groups -OCH3 is 1. The summed E-state index contributed by atoms with van der Waals surface area (Å²) in [5.74, 6) is -1.08. The van der Waals surface area contributed by atoms with Crippen LogP contribution in [0.3, 0.4) is 0 Å². The second kappa shape index (κ2) is 6.02. The molecule has 0 aromatic heterocycles. The number of phenols is 1. The van der Waals surface area contributed by atoms with Crippen LogP contribution in [0.15, 0.2) is 23.5 Å². The van der Waals surface area contributed by atoms with Gasteiger partial charge in [0.05, 0.1) is 19.3 Å². The van der Waals surface area contributed by atoms with Crippen molar-refractivity contribution in [3.05, 3.63) is 34.6 Å². The highest BCUT2D eigenvalue weighted by molar-refractivity contribution is 5.97. The number of aliphatic hydroxyl groups is 1. The predicted molar refractivity (Wildman–Crippen MR) is 89.2 cm³/mol. The number of cyclic esters (lactones) is 1. The number of fused-ring (bicyclic) bond motifs is 4. The van der Waals surface area contributed by atoms with Gasteiger partial charge in [0.2, 0.25) is 0 Å². The summed E-state index contributed by atoms with van der Waals surface area (Å²) >= 11 is 0. The van der Waals surface area contributed by atoms with Crippen molar-refractivity contribution in [1.29, 1.82) is 0 Å². The van der Waals surface area contributed by atoms with Gasteiger partial charge in [0, 0.05) is 24.5 Å². The van der Waals surface area contributed by atoms with E-state index in [1.165, 1.54) is 13.2 Å². The zero-order valence-electron chi connectivity index (χ0n) is 14.5. The van der Waals surface area contributed by atoms with Gasteiger partial charge in [0.15, 0.2) is 11.5 Å². The van der Waals surface area contributed by atoms with E-state index in [1.807, 2.05) is 0 Å². The van der Waals surface area contributed by atoms with E-state index in [2.05, 4.69) is 0 Å². The average molecular weight is 360 g/mol. The molecule has 1 saturated heterocycles. The highest BCUT2D eigenvalue weighted by Gasteiger charge is 2.47. The summed E-state index contributed by atoms with van der Waals surface area (Å²) in [7, 11) is 1.47. The van der Waals surface area contributed by atoms with Crippen molar-refractivity contribution in [3.8, 4) is 11.5 Å². The molecule has 0 spiro atoms. The van der Waals surface area contributed by atoms with Gasteiger partial charge in [-0.15, -0.1) is 0 Å². The van der Waals surface area contributed by atoms with Gasteiger partial charge in [0.25, 0.3) is 0 Å². The number of hydrogen-bond donors (Lipinski definition) is 2. The zero-order valence-corrected chi connectivity index (χ0v) is 14.5. The third-order valence-corrected chi connectivity index (χ3v) is 5.29. The molecular formula is C19H20O7. The lowest BCUT2D eigenvalue weighted by Crippen LogP contribution is -2.20. The number of benzene rings is 1. The van der Waals surface area contributed by atoms with Gasteiger partial charge >= 0.3 is 5.97 Å². The summed E-state index contributed by atoms with van der Waals surface area (Å²) in [6.45, 7) is 1.74. The number of epoxide rings is 1. The Kier molecular flexibility index (Phi) is 3.91. The number of aromatic hydroxyl groups is 1. The lowest BCUT2D eigenvalue weighted by atomic mass is 9.91. The van der Waals surface area contributed by atoms with E-state index >= 15 is 0 Å². The van der Waals surface area contributed by atoms with Gasteiger partial charge < -0.3 is 24.4 Å². The number of carbonyl (C=O) groups is 2. The van der Waals surface area contributed by atoms with Gasteiger partial charge in [-0.2, -0.15) is 0 Å². The monoisotopic (exact) mass is 360 g/mol. The second-order valence-electron chi connectivity index (χ2n) is 7.06. The molecule has 1 aliphatic carbocycles. The standard InChI is InChI=1S/C19H20O7/c1-8-3-9-4-14(21)17(22)11(9)7-15-18(26-15)12-5-10(24-2)6-13(20)16(12)19(23)25-8/h5-6,8-9,15,18,20,22H,3-4,7H2,1-2H3/t8-,9-,15+,18+/m0/s1. The molecule has 7 nitrogen and oxygen atoms in total. The van der Waals surface area contributed by atoms with Crippen molar-refractivity contribution in [3.63, 3.8) is 0 Å². The molecule has 3 aliphatic rings. The molecule has 0 radical (unpaired) electrons. The maximum atomic E-state index is 12.6. The topological polar surface area (TPSA) is 106 Å². The van der Waals surface area contributed by atoms with Gasteiger partial charge in [0.1, 0.15) is 23.2 Å². The Morgan fingerprint density at radius 2 is 1.96 bits per heavy atom. The molecule has 0 bridgehead atoms. The molecule has 138 valence electrons. The first-order valence-electron chi connectivity index (χ1n) is 8.61. The van der Waals surface area contributed by atoms with Crippen LogP contribution in [-0.2, 0) is 14.3 Å². The number of carbonyl (C=O) groups excluding carboxylic acids is 2. The van der Waals surface area contributed by atoms with Crippen LogP contribution >= 0.6 is 0 Å². The van der Waals surface area contributed by atoms with E-state index in [9.17, 15) is 19.8 Å². The zero-order chi connectivity index (χ0) is 18.6. The first-order valence-corrected chi connectivity index (χ1v) is 8.61. The van der Waals surface area contributed by atoms with E-state index in [0.717, 1.165) is 0 Å². The molecule has 2 N–H and O–H groups in total. The highest BCUT2D eigenvalue weighted by Crippen LogP contribution is 2.49. The maximum Gasteiger partial charge on any atom is 0.342 e. The van der Waals surface area contributed by atoms with Gasteiger partial charge in [-0.25, -0.2) is 4.79 Å². The first-order chi connectivity index (χ1) is 12.4. The largest absolute Gasteiger partial charge is 0.507 e. The van der Waals surface area contributed by atoms with Crippen molar-refractivity contribution in [1.82, 2.24) is 0 Å². The summed E-state index contributed by atoms with van der Waals surface area (Å²) in [5, 5.41) is 20.5. The number of phenolic OH excluding ortho intramolecular Hbond substituents is 1. The minimum atomic E-state index is -0.636. The molecule has 1 fully saturated rings. The SMILES string of the molecule is COc1cc(O)c2c(c1)[C@H]1O[C@@H]1CC1=C(O)C(=O)C[C@@H]1C[C@H](C)OC2=O. The summed E-state index contributed by atoms with van der Waals surface area (Å²) in [6.07, 6.45) is -0.111. The number of allylic oxidation sites excluding steroid dienone is 1. The Hall–Kier alpha value is -2.54. The molecule has 7 heteroatoms. The minimum Gasteiger partial charge on any atom is -0.507 e. The van der Waals surface area contributed by atoms with Crippen LogP contribution in [0.4, 0.5) is 0 Å². The summed E-state index contributed by atoms with van der Waals surface area (Å²) in [4.78, 5) is 24.6. The number of ether oxygens (including phenoxy) is 3. The van der Waals surface area contributed by atoms with Crippen LogP contribution in [0.25, 0.3) is 0 Å². The number of rotatable bonds is 1. The van der Waals surface area contributed by atoms with Crippen molar-refractivity contribution < 1.29 is 34.0 Å². The number of Topliss-reactive ketones (excluding diaryl/α,β-unsaturated/α-hetero) is 1. The van der Waals surface area contributed by atoms with Gasteiger partial charge in [-0.05, 0) is 30.9 Å². The average Bonchev–Trinajstić information content (AvgIpc) is 3.30. The molecule has 4 atom stereocenters. The fourth-order valence-corrected chi connectivity index (χ4v) is 3.97. The smallest absolute Gasteiger partial charge is 0.342 e. The third-order valence-electron chi connectivity index (χ3n) is 5.29. The molecule has 0 amide bonds. The number of aliphatic hydroxyl groups excluding tert-OH is 1. The number of hydrogen-bond acceptors (Lipinski definition) is 7. The van der Waals surface area contributed by atoms with E-state index in [1.54, 1.807) is 13.0 Å². The molecule has 0 saturated carbocycles. The molecule has 2 aliphatic heterocycles. The number of esters is 1. The molecule has 26 heavy (non-hydrogen) atoms. The van der Waals surface area contributed by atoms with E-state index in [0.29, 0.717) is 29.7 Å². The Balaban J connectivity index is 1.77. The Bertz CT molecular complexity index is 825. The lowest BCUT2D eigenvalue weighted by molar-refractivity contribution is -0.117.